The number of aliphatic hydroxyl groups excluding tert-OH is 1. The number of fused-ring (bicyclic) bond motifs is 1. The van der Waals surface area contributed by atoms with E-state index >= 15 is 0 Å². The van der Waals surface area contributed by atoms with Gasteiger partial charge in [0, 0.05) is 11.8 Å². The Bertz CT molecular complexity index is 685. The summed E-state index contributed by atoms with van der Waals surface area (Å²) in [4.78, 5) is 25.1. The average Bonchev–Trinajstić information content (AvgIpc) is 2.98. The fourth-order valence-electron chi connectivity index (χ4n) is 7.66. The van der Waals surface area contributed by atoms with Crippen molar-refractivity contribution in [2.24, 2.45) is 34.5 Å². The topological polar surface area (TPSA) is 83.8 Å². The molecule has 4 saturated carbocycles. The number of aliphatic hydroxyl groups is 1. The smallest absolute Gasteiger partial charge is 0.315 e. The molecule has 2 unspecified atom stereocenters. The van der Waals surface area contributed by atoms with Crippen molar-refractivity contribution in [2.75, 3.05) is 0 Å². The van der Waals surface area contributed by atoms with Gasteiger partial charge in [-0.25, -0.2) is 0 Å². The minimum atomic E-state index is -1.09. The molecule has 4 aliphatic carbocycles. The zero-order valence-corrected chi connectivity index (χ0v) is 14.0. The molecule has 1 aliphatic heterocycles. The predicted molar refractivity (Wildman–Crippen MR) is 83.8 cm³/mol. The van der Waals surface area contributed by atoms with Crippen LogP contribution in [-0.4, -0.2) is 33.9 Å². The van der Waals surface area contributed by atoms with E-state index in [0.717, 1.165) is 25.7 Å². The van der Waals surface area contributed by atoms with E-state index in [1.807, 2.05) is 0 Å². The van der Waals surface area contributed by atoms with Crippen LogP contribution in [0.4, 0.5) is 0 Å². The lowest BCUT2D eigenvalue weighted by Gasteiger charge is -2.44. The third-order valence-corrected chi connectivity index (χ3v) is 8.46. The summed E-state index contributed by atoms with van der Waals surface area (Å²) in [5.41, 5.74) is -0.953. The zero-order valence-electron chi connectivity index (χ0n) is 14.0. The van der Waals surface area contributed by atoms with E-state index in [4.69, 9.17) is 4.74 Å². The van der Waals surface area contributed by atoms with Crippen molar-refractivity contribution in [3.8, 4) is 0 Å². The second-order valence-electron chi connectivity index (χ2n) is 9.07. The molecule has 0 amide bonds. The first-order valence-corrected chi connectivity index (χ1v) is 9.09. The van der Waals surface area contributed by atoms with Crippen LogP contribution in [0.2, 0.25) is 0 Å². The molecule has 0 aromatic heterocycles. The van der Waals surface area contributed by atoms with Crippen LogP contribution in [-0.2, 0) is 14.3 Å². The summed E-state index contributed by atoms with van der Waals surface area (Å²) in [7, 11) is 0. The molecule has 1 heterocycles. The SMILES string of the molecule is C=C1C[C@]23C[C@@H]1CCC2[C@@]12CC[C@H](O)[C@](C)(C(=O)O1)C2[C@@H]3C(=O)O. The second kappa shape index (κ2) is 4.06. The first kappa shape index (κ1) is 14.9. The van der Waals surface area contributed by atoms with Crippen LogP contribution in [0.5, 0.6) is 0 Å². The van der Waals surface area contributed by atoms with Crippen LogP contribution in [0.15, 0.2) is 12.2 Å². The predicted octanol–water partition coefficient (Wildman–Crippen LogP) is 2.14. The van der Waals surface area contributed by atoms with Gasteiger partial charge in [-0.1, -0.05) is 12.2 Å². The maximum absolute atomic E-state index is 12.7. The first-order chi connectivity index (χ1) is 11.3. The number of carbonyl (C=O) groups excluding carboxylic acids is 1. The molecule has 130 valence electrons. The maximum atomic E-state index is 12.7. The van der Waals surface area contributed by atoms with Gasteiger partial charge < -0.3 is 14.9 Å². The Labute approximate surface area is 141 Å². The van der Waals surface area contributed by atoms with Gasteiger partial charge in [0.05, 0.1) is 17.4 Å². The van der Waals surface area contributed by atoms with Crippen LogP contribution < -0.4 is 0 Å². The van der Waals surface area contributed by atoms with Gasteiger partial charge in [-0.15, -0.1) is 0 Å². The van der Waals surface area contributed by atoms with Gasteiger partial charge in [0.25, 0.3) is 0 Å². The van der Waals surface area contributed by atoms with Gasteiger partial charge in [0.2, 0.25) is 0 Å². The van der Waals surface area contributed by atoms with Crippen molar-refractivity contribution in [3.05, 3.63) is 12.2 Å². The normalized spacial score (nSPS) is 57.5. The molecule has 2 N–H and O–H groups in total. The summed E-state index contributed by atoms with van der Waals surface area (Å²) in [5.74, 6) is -1.78. The maximum Gasteiger partial charge on any atom is 0.315 e. The van der Waals surface area contributed by atoms with Crippen LogP contribution in [0, 0.1) is 34.5 Å². The van der Waals surface area contributed by atoms with Crippen molar-refractivity contribution in [2.45, 2.75) is 57.2 Å². The Morgan fingerprint density at radius 3 is 2.79 bits per heavy atom. The molecule has 5 rings (SSSR count). The monoisotopic (exact) mass is 332 g/mol. The number of hydrogen-bond donors (Lipinski definition) is 2. The van der Waals surface area contributed by atoms with E-state index in [2.05, 4.69) is 6.58 Å². The largest absolute Gasteiger partial charge is 0.481 e. The highest BCUT2D eigenvalue weighted by Crippen LogP contribution is 2.77. The molecule has 0 radical (unpaired) electrons. The average molecular weight is 332 g/mol. The van der Waals surface area contributed by atoms with Gasteiger partial charge in [0.1, 0.15) is 5.60 Å². The number of allylic oxidation sites excluding steroid dienone is 1. The molecule has 5 nitrogen and oxygen atoms in total. The van der Waals surface area contributed by atoms with E-state index in [0.29, 0.717) is 18.8 Å². The van der Waals surface area contributed by atoms with Gasteiger partial charge in [-0.3, -0.25) is 9.59 Å². The summed E-state index contributed by atoms with van der Waals surface area (Å²) in [6.07, 6.45) is 3.81. The Morgan fingerprint density at radius 1 is 1.33 bits per heavy atom. The zero-order chi connectivity index (χ0) is 17.1. The van der Waals surface area contributed by atoms with Crippen molar-refractivity contribution in [1.29, 1.82) is 0 Å². The lowest BCUT2D eigenvalue weighted by atomic mass is 9.59. The third kappa shape index (κ3) is 1.29. The number of hydrogen-bond acceptors (Lipinski definition) is 4. The number of aliphatic carboxylic acids is 1. The molecular weight excluding hydrogens is 308 g/mol. The molecule has 8 atom stereocenters. The summed E-state index contributed by atoms with van der Waals surface area (Å²) in [6.45, 7) is 5.95. The summed E-state index contributed by atoms with van der Waals surface area (Å²) in [5, 5.41) is 20.8. The summed E-state index contributed by atoms with van der Waals surface area (Å²) in [6, 6.07) is 0. The number of carboxylic acids is 1. The third-order valence-electron chi connectivity index (χ3n) is 8.46. The van der Waals surface area contributed by atoms with E-state index < -0.39 is 40.9 Å². The second-order valence-corrected chi connectivity index (χ2v) is 9.07. The summed E-state index contributed by atoms with van der Waals surface area (Å²) < 4.78 is 6.01. The van der Waals surface area contributed by atoms with Crippen LogP contribution >= 0.6 is 0 Å². The van der Waals surface area contributed by atoms with Gasteiger partial charge in [-0.2, -0.15) is 0 Å². The molecule has 5 aliphatic rings. The lowest BCUT2D eigenvalue weighted by molar-refractivity contribution is -0.162. The lowest BCUT2D eigenvalue weighted by Crippen LogP contribution is -2.53. The van der Waals surface area contributed by atoms with E-state index in [1.54, 1.807) is 6.92 Å². The first-order valence-electron chi connectivity index (χ1n) is 9.09. The van der Waals surface area contributed by atoms with Crippen molar-refractivity contribution >= 4 is 11.9 Å². The molecule has 1 saturated heterocycles. The molecule has 0 aromatic carbocycles. The van der Waals surface area contributed by atoms with Crippen LogP contribution in [0.3, 0.4) is 0 Å². The van der Waals surface area contributed by atoms with E-state index in [-0.39, 0.29) is 11.3 Å². The van der Waals surface area contributed by atoms with Gasteiger partial charge in [-0.05, 0) is 56.8 Å². The number of carbonyl (C=O) groups is 2. The minimum Gasteiger partial charge on any atom is -0.481 e. The Morgan fingerprint density at radius 2 is 2.08 bits per heavy atom. The van der Waals surface area contributed by atoms with Crippen LogP contribution in [0.1, 0.15) is 45.4 Å². The molecule has 0 aromatic rings. The van der Waals surface area contributed by atoms with E-state index in [9.17, 15) is 19.8 Å². The molecule has 4 bridgehead atoms. The number of rotatable bonds is 1. The Balaban J connectivity index is 1.76. The van der Waals surface area contributed by atoms with Crippen LogP contribution in [0.25, 0.3) is 0 Å². The number of esters is 1. The fraction of sp³-hybridized carbons (Fsp3) is 0.789. The quantitative estimate of drug-likeness (QED) is 0.568. The van der Waals surface area contributed by atoms with E-state index in [1.165, 1.54) is 5.57 Å². The highest BCUT2D eigenvalue weighted by atomic mass is 16.6. The molecule has 1 spiro atoms. The van der Waals surface area contributed by atoms with Gasteiger partial charge in [0.15, 0.2) is 0 Å². The molecule has 5 heteroatoms. The fourth-order valence-corrected chi connectivity index (χ4v) is 7.66. The van der Waals surface area contributed by atoms with Crippen molar-refractivity contribution < 1.29 is 24.5 Å². The standard InChI is InChI=1S/C19H24O5/c1-9-7-18-8-10(9)3-4-11(18)19-6-5-12(20)17(2,16(23)24-19)14(19)13(18)15(21)22/h10-14,20H,1,3-8H2,2H3,(H,21,22)/t10-,11?,12-,13+,14?,17-,18-,19+/m0/s1. The number of carboxylic acid groups (broad SMARTS) is 1. The van der Waals surface area contributed by atoms with Crippen molar-refractivity contribution in [3.63, 3.8) is 0 Å². The summed E-state index contributed by atoms with van der Waals surface area (Å²) >= 11 is 0. The molecule has 24 heavy (non-hydrogen) atoms. The molecule has 5 fully saturated rings. The highest BCUT2D eigenvalue weighted by molar-refractivity contribution is 5.85. The Hall–Kier alpha value is -1.36. The number of ether oxygens (including phenoxy) is 1. The van der Waals surface area contributed by atoms with Crippen molar-refractivity contribution in [1.82, 2.24) is 0 Å². The highest BCUT2D eigenvalue weighted by Gasteiger charge is 2.83. The Kier molecular flexibility index (Phi) is 2.53. The van der Waals surface area contributed by atoms with Gasteiger partial charge >= 0.3 is 11.9 Å². The minimum absolute atomic E-state index is 0.0878. The molecular formula is C19H24O5.